The van der Waals surface area contributed by atoms with Gasteiger partial charge in [0.2, 0.25) is 11.6 Å². The minimum atomic E-state index is -1.16. The van der Waals surface area contributed by atoms with E-state index in [0.717, 1.165) is 16.4 Å². The van der Waals surface area contributed by atoms with Crippen LogP contribution in [0.5, 0.6) is 0 Å². The fraction of sp³-hybridized carbons (Fsp3) is 0.462. The van der Waals surface area contributed by atoms with Crippen molar-refractivity contribution in [1.29, 1.82) is 0 Å². The fourth-order valence-electron chi connectivity index (χ4n) is 2.99. The van der Waals surface area contributed by atoms with E-state index >= 15 is 0 Å². The highest BCUT2D eigenvalue weighted by atomic mass is 32.2. The van der Waals surface area contributed by atoms with Gasteiger partial charge in [-0.15, -0.1) is 38.4 Å². The Labute approximate surface area is 160 Å². The molecule has 0 aliphatic carbocycles. The van der Waals surface area contributed by atoms with E-state index < -0.39 is 23.3 Å². The lowest BCUT2D eigenvalue weighted by molar-refractivity contribution is -0.155. The van der Waals surface area contributed by atoms with Crippen LogP contribution < -0.4 is 11.5 Å². The number of primary amides is 1. The van der Waals surface area contributed by atoms with Gasteiger partial charge in [0.25, 0.3) is 5.91 Å². The number of tetrazole rings is 1. The normalized spacial score (nSPS) is 27.3. The molecule has 2 aliphatic heterocycles. The average molecular weight is 410 g/mol. The van der Waals surface area contributed by atoms with Gasteiger partial charge in [-0.3, -0.25) is 14.4 Å². The van der Waals surface area contributed by atoms with Crippen molar-refractivity contribution >= 4 is 47.0 Å². The third kappa shape index (κ3) is 2.80. The number of amides is 2. The van der Waals surface area contributed by atoms with Crippen LogP contribution >= 0.6 is 23.5 Å². The fourth-order valence-corrected chi connectivity index (χ4v) is 5.69. The average Bonchev–Trinajstić information content (AvgIpc) is 3.13. The minimum absolute atomic E-state index is 0.0787. The van der Waals surface area contributed by atoms with Crippen molar-refractivity contribution in [3.63, 3.8) is 0 Å². The van der Waals surface area contributed by atoms with E-state index in [9.17, 15) is 19.5 Å². The van der Waals surface area contributed by atoms with Gasteiger partial charge < -0.3 is 21.5 Å². The van der Waals surface area contributed by atoms with Gasteiger partial charge in [-0.05, 0) is 16.5 Å². The maximum Gasteiger partial charge on any atom is 0.313 e. The van der Waals surface area contributed by atoms with Crippen molar-refractivity contribution in [2.24, 2.45) is 16.9 Å². The Bertz CT molecular complexity index is 967. The maximum absolute atomic E-state index is 12.0. The number of nitrogens with two attached hydrogens (primary N) is 2. The number of rotatable bonds is 5. The summed E-state index contributed by atoms with van der Waals surface area (Å²) in [5, 5.41) is 24.9. The Balaban J connectivity index is 1.58. The van der Waals surface area contributed by atoms with E-state index in [1.165, 1.54) is 22.7 Å². The molecule has 2 aliphatic rings. The van der Waals surface area contributed by atoms with Crippen LogP contribution in [0.2, 0.25) is 0 Å². The lowest BCUT2D eigenvalue weighted by atomic mass is 9.89. The molecule has 2 fully saturated rings. The van der Waals surface area contributed by atoms with E-state index in [2.05, 4.69) is 20.6 Å². The highest BCUT2D eigenvalue weighted by Gasteiger charge is 2.55. The number of carboxylic acid groups (broad SMARTS) is 1. The second kappa shape index (κ2) is 6.31. The summed E-state index contributed by atoms with van der Waals surface area (Å²) in [5.41, 5.74) is 10.2. The van der Waals surface area contributed by atoms with Gasteiger partial charge in [0.05, 0.1) is 5.56 Å². The van der Waals surface area contributed by atoms with Crippen LogP contribution in [0, 0.1) is 5.41 Å². The lowest BCUT2D eigenvalue weighted by Gasteiger charge is -2.52. The number of aromatic nitrogens is 5. The van der Waals surface area contributed by atoms with Crippen LogP contribution in [0.25, 0.3) is 5.65 Å². The molecule has 0 bridgehead atoms. The molecule has 14 heteroatoms. The van der Waals surface area contributed by atoms with Crippen LogP contribution in [0.15, 0.2) is 11.1 Å². The minimum Gasteiger partial charge on any atom is -0.481 e. The second-order valence-corrected chi connectivity index (χ2v) is 8.42. The molecule has 12 nitrogen and oxygen atoms in total. The molecule has 3 atom stereocenters. The molecule has 2 aromatic heterocycles. The number of nitrogens with zero attached hydrogens (tertiary/aromatic N) is 6. The predicted octanol–water partition coefficient (Wildman–Crippen LogP) is -1.98. The highest BCUT2D eigenvalue weighted by molar-refractivity contribution is 8.00. The Hall–Kier alpha value is -2.45. The molecule has 4 rings (SSSR count). The van der Waals surface area contributed by atoms with Crippen LogP contribution in [-0.4, -0.2) is 82.5 Å². The molecular weight excluding hydrogens is 396 g/mol. The molecule has 2 saturated heterocycles. The van der Waals surface area contributed by atoms with E-state index in [0.29, 0.717) is 10.8 Å². The lowest BCUT2D eigenvalue weighted by Crippen LogP contribution is -2.72. The van der Waals surface area contributed by atoms with Crippen molar-refractivity contribution in [3.05, 3.63) is 11.6 Å². The van der Waals surface area contributed by atoms with Crippen LogP contribution in [0.1, 0.15) is 10.4 Å². The summed E-state index contributed by atoms with van der Waals surface area (Å²) in [5.74, 6) is -1.52. The zero-order valence-electron chi connectivity index (χ0n) is 13.7. The number of hydrogen-bond acceptors (Lipinski definition) is 10. The smallest absolute Gasteiger partial charge is 0.313 e. The Kier molecular flexibility index (Phi) is 4.20. The van der Waals surface area contributed by atoms with Crippen molar-refractivity contribution in [2.45, 2.75) is 16.4 Å². The van der Waals surface area contributed by atoms with Gasteiger partial charge in [0, 0.05) is 18.1 Å². The molecule has 0 aromatic carbocycles. The number of thioether (sulfide) groups is 2. The van der Waals surface area contributed by atoms with Gasteiger partial charge >= 0.3 is 5.97 Å². The number of carbonyl (C=O) groups excluding carboxylic acids is 2. The number of carbonyl (C=O) groups is 3. The van der Waals surface area contributed by atoms with Crippen molar-refractivity contribution in [2.75, 3.05) is 18.1 Å². The van der Waals surface area contributed by atoms with E-state index in [-0.39, 0.29) is 34.8 Å². The molecule has 4 heterocycles. The molecule has 2 unspecified atom stereocenters. The standard InChI is InChI=1S/C13H14N8O4S2/c14-7-10(23)20-2-13(12(24)25,4-27-11(7)20)3-26-6-1-5(8(15)22)9-16-18-19-21(9)17-6/h1,7,11H,2-4,14H2,(H2,15,22)(H,24,25)/t7?,11-,13?/m1/s1. The predicted molar refractivity (Wildman–Crippen MR) is 93.8 cm³/mol. The first-order chi connectivity index (χ1) is 12.8. The van der Waals surface area contributed by atoms with E-state index in [1.807, 2.05) is 0 Å². The topological polar surface area (TPSA) is 183 Å². The summed E-state index contributed by atoms with van der Waals surface area (Å²) < 4.78 is 1.07. The first-order valence-corrected chi connectivity index (χ1v) is 9.79. The van der Waals surface area contributed by atoms with Crippen LogP contribution in [-0.2, 0) is 9.59 Å². The van der Waals surface area contributed by atoms with Crippen molar-refractivity contribution < 1.29 is 19.5 Å². The SMILES string of the molecule is NC(=O)c1cc(SCC2(C(=O)O)CS[C@@H]3C(N)C(=O)N3C2)nn2nnnc12. The molecule has 27 heavy (non-hydrogen) atoms. The summed E-state index contributed by atoms with van der Waals surface area (Å²) in [6.07, 6.45) is 0. The first kappa shape index (κ1) is 17.9. The summed E-state index contributed by atoms with van der Waals surface area (Å²) in [6, 6.07) is 0.856. The number of carboxylic acids is 1. The van der Waals surface area contributed by atoms with Gasteiger partial charge in [-0.2, -0.15) is 0 Å². The zero-order chi connectivity index (χ0) is 19.3. The molecule has 142 valence electrons. The third-order valence-electron chi connectivity index (χ3n) is 4.56. The summed E-state index contributed by atoms with van der Waals surface area (Å²) in [6.45, 7) is 0.0787. The van der Waals surface area contributed by atoms with E-state index in [4.69, 9.17) is 11.5 Å². The molecule has 2 amide bonds. The van der Waals surface area contributed by atoms with Crippen molar-refractivity contribution in [3.8, 4) is 0 Å². The van der Waals surface area contributed by atoms with Crippen molar-refractivity contribution in [1.82, 2.24) is 30.2 Å². The maximum atomic E-state index is 12.0. The molecule has 0 saturated carbocycles. The molecular formula is C13H14N8O4S2. The summed E-state index contributed by atoms with van der Waals surface area (Å²) in [7, 11) is 0. The van der Waals surface area contributed by atoms with Gasteiger partial charge in [-0.1, -0.05) is 0 Å². The van der Waals surface area contributed by atoms with Crippen LogP contribution in [0.3, 0.4) is 0 Å². The number of β-lactam (4-membered cyclic amide) rings is 1. The molecule has 0 spiro atoms. The number of hydrogen-bond donors (Lipinski definition) is 3. The van der Waals surface area contributed by atoms with Gasteiger partial charge in [0.1, 0.15) is 21.9 Å². The van der Waals surface area contributed by atoms with Gasteiger partial charge in [0.15, 0.2) is 0 Å². The summed E-state index contributed by atoms with van der Waals surface area (Å²) in [4.78, 5) is 37.0. The third-order valence-corrected chi connectivity index (χ3v) is 7.36. The number of fused-ring (bicyclic) bond motifs is 2. The first-order valence-electron chi connectivity index (χ1n) is 7.75. The Morgan fingerprint density at radius 3 is 2.96 bits per heavy atom. The Morgan fingerprint density at radius 2 is 2.26 bits per heavy atom. The summed E-state index contributed by atoms with van der Waals surface area (Å²) >= 11 is 2.50. The molecule has 0 radical (unpaired) electrons. The highest BCUT2D eigenvalue weighted by Crippen LogP contribution is 2.43. The molecule has 2 aromatic rings. The Morgan fingerprint density at radius 1 is 1.48 bits per heavy atom. The van der Waals surface area contributed by atoms with Gasteiger partial charge in [-0.25, -0.2) is 0 Å². The number of aliphatic carboxylic acids is 1. The largest absolute Gasteiger partial charge is 0.481 e. The quantitative estimate of drug-likeness (QED) is 0.367. The molecule has 5 N–H and O–H groups in total. The second-order valence-electron chi connectivity index (χ2n) is 6.32. The van der Waals surface area contributed by atoms with E-state index in [1.54, 1.807) is 0 Å². The van der Waals surface area contributed by atoms with Crippen LogP contribution in [0.4, 0.5) is 0 Å². The monoisotopic (exact) mass is 410 g/mol. The zero-order valence-corrected chi connectivity index (χ0v) is 15.3.